The Bertz CT molecular complexity index is 678. The van der Waals surface area contributed by atoms with E-state index < -0.39 is 12.0 Å². The van der Waals surface area contributed by atoms with Crippen molar-refractivity contribution in [3.8, 4) is 0 Å². The summed E-state index contributed by atoms with van der Waals surface area (Å²) in [5, 5.41) is 5.65. The smallest absolute Gasteiger partial charge is 0.338 e. The fraction of sp³-hybridized carbons (Fsp3) is 0.444. The first-order valence-electron chi connectivity index (χ1n) is 8.45. The highest BCUT2D eigenvalue weighted by atomic mass is 16.5. The minimum Gasteiger partial charge on any atom is -0.466 e. The molecule has 25 heavy (non-hydrogen) atoms. The van der Waals surface area contributed by atoms with E-state index in [4.69, 9.17) is 9.47 Å². The minimum absolute atomic E-state index is 0.305. The zero-order chi connectivity index (χ0) is 17.8. The van der Waals surface area contributed by atoms with Gasteiger partial charge in [-0.2, -0.15) is 0 Å². The van der Waals surface area contributed by atoms with Gasteiger partial charge in [0.1, 0.15) is 19.6 Å². The van der Waals surface area contributed by atoms with Crippen LogP contribution in [0.3, 0.4) is 0 Å². The third-order valence-corrected chi connectivity index (χ3v) is 4.60. The highest BCUT2D eigenvalue weighted by Gasteiger charge is 2.35. The van der Waals surface area contributed by atoms with Gasteiger partial charge in [0, 0.05) is 0 Å². The molecule has 134 valence electrons. The minimum atomic E-state index is -0.516. The van der Waals surface area contributed by atoms with Gasteiger partial charge in [-0.1, -0.05) is 29.8 Å². The Morgan fingerprint density at radius 1 is 1.28 bits per heavy atom. The molecular weight excluding hydrogens is 322 g/mol. The molecule has 1 aromatic carbocycles. The first-order chi connectivity index (χ1) is 12.1. The Labute approximate surface area is 147 Å². The average Bonchev–Trinajstić information content (AvgIpc) is 2.62. The molecule has 0 radical (unpaired) electrons. The van der Waals surface area contributed by atoms with E-state index in [9.17, 15) is 9.59 Å². The van der Waals surface area contributed by atoms with E-state index in [0.717, 1.165) is 24.2 Å². The summed E-state index contributed by atoms with van der Waals surface area (Å²) in [7, 11) is 1.36. The molecule has 2 amide bonds. The number of quaternary nitrogens is 1. The summed E-state index contributed by atoms with van der Waals surface area (Å²) < 4.78 is 10.4. The number of hydrogen-bond acceptors (Lipinski definition) is 4. The number of carbonyl (C=O) groups excluding carboxylic acids is 2. The monoisotopic (exact) mass is 346 g/mol. The molecule has 1 atom stereocenters. The lowest BCUT2D eigenvalue weighted by molar-refractivity contribution is -0.903. The van der Waals surface area contributed by atoms with Crippen LogP contribution in [0.5, 0.6) is 0 Å². The SMILES string of the molecule is COC(=O)C1=C(C[NH+]2CCOCC2)NC(=O)N[C@@H]1c1ccc(C)cc1. The third kappa shape index (κ3) is 4.00. The second kappa shape index (κ2) is 7.67. The normalized spacial score (nSPS) is 21.5. The largest absolute Gasteiger partial charge is 0.466 e. The number of benzene rings is 1. The average molecular weight is 346 g/mol. The van der Waals surface area contributed by atoms with Crippen molar-refractivity contribution in [1.29, 1.82) is 0 Å². The van der Waals surface area contributed by atoms with Crippen LogP contribution in [-0.2, 0) is 14.3 Å². The Kier molecular flexibility index (Phi) is 5.35. The molecule has 3 N–H and O–H groups in total. The number of ether oxygens (including phenoxy) is 2. The summed E-state index contributed by atoms with van der Waals surface area (Å²) in [6.07, 6.45) is 0. The first-order valence-corrected chi connectivity index (χ1v) is 8.45. The van der Waals surface area contributed by atoms with E-state index in [2.05, 4.69) is 10.6 Å². The molecule has 2 heterocycles. The van der Waals surface area contributed by atoms with Crippen LogP contribution < -0.4 is 15.5 Å². The van der Waals surface area contributed by atoms with E-state index >= 15 is 0 Å². The number of urea groups is 1. The molecule has 0 saturated carbocycles. The van der Waals surface area contributed by atoms with Crippen LogP contribution in [0.1, 0.15) is 17.2 Å². The zero-order valence-corrected chi connectivity index (χ0v) is 14.6. The van der Waals surface area contributed by atoms with Crippen LogP contribution in [0.4, 0.5) is 4.79 Å². The summed E-state index contributed by atoms with van der Waals surface area (Å²) >= 11 is 0. The van der Waals surface area contributed by atoms with Crippen LogP contribution in [-0.4, -0.2) is 52.0 Å². The maximum atomic E-state index is 12.5. The van der Waals surface area contributed by atoms with Crippen molar-refractivity contribution < 1.29 is 24.0 Å². The van der Waals surface area contributed by atoms with Gasteiger partial charge in [0.05, 0.1) is 37.6 Å². The van der Waals surface area contributed by atoms with Gasteiger partial charge in [-0.05, 0) is 12.5 Å². The lowest BCUT2D eigenvalue weighted by Crippen LogP contribution is -3.14. The molecule has 1 saturated heterocycles. The fourth-order valence-corrected chi connectivity index (χ4v) is 3.20. The molecule has 2 aliphatic heterocycles. The summed E-state index contributed by atoms with van der Waals surface area (Å²) in [6, 6.07) is 6.95. The maximum Gasteiger partial charge on any atom is 0.338 e. The zero-order valence-electron chi connectivity index (χ0n) is 14.6. The summed E-state index contributed by atoms with van der Waals surface area (Å²) in [4.78, 5) is 25.9. The number of methoxy groups -OCH3 is 1. The Hall–Kier alpha value is -2.38. The van der Waals surface area contributed by atoms with Gasteiger partial charge >= 0.3 is 12.0 Å². The molecule has 0 unspecified atom stereocenters. The van der Waals surface area contributed by atoms with Gasteiger partial charge in [0.15, 0.2) is 0 Å². The predicted molar refractivity (Wildman–Crippen MR) is 91.0 cm³/mol. The Morgan fingerprint density at radius 3 is 2.60 bits per heavy atom. The molecule has 2 aliphatic rings. The maximum absolute atomic E-state index is 12.5. The van der Waals surface area contributed by atoms with Crippen molar-refractivity contribution in [2.24, 2.45) is 0 Å². The van der Waals surface area contributed by atoms with Crippen LogP contribution >= 0.6 is 0 Å². The van der Waals surface area contributed by atoms with Gasteiger partial charge in [0.25, 0.3) is 0 Å². The number of nitrogens with one attached hydrogen (secondary N) is 3. The van der Waals surface area contributed by atoms with Crippen LogP contribution in [0.25, 0.3) is 0 Å². The van der Waals surface area contributed by atoms with E-state index in [1.807, 2.05) is 31.2 Å². The Morgan fingerprint density at radius 2 is 1.96 bits per heavy atom. The van der Waals surface area contributed by atoms with Crippen molar-refractivity contribution >= 4 is 12.0 Å². The topological polar surface area (TPSA) is 81.1 Å². The number of esters is 1. The highest BCUT2D eigenvalue weighted by Crippen LogP contribution is 2.27. The van der Waals surface area contributed by atoms with Crippen molar-refractivity contribution in [2.45, 2.75) is 13.0 Å². The molecule has 0 spiro atoms. The molecule has 3 rings (SSSR count). The third-order valence-electron chi connectivity index (χ3n) is 4.60. The predicted octanol–water partition coefficient (Wildman–Crippen LogP) is -0.309. The fourth-order valence-electron chi connectivity index (χ4n) is 3.20. The number of amides is 2. The number of rotatable bonds is 4. The molecule has 1 aromatic rings. The van der Waals surface area contributed by atoms with Crippen LogP contribution in [0.15, 0.2) is 35.5 Å². The molecule has 7 nitrogen and oxygen atoms in total. The standard InChI is InChI=1S/C18H23N3O4/c1-12-3-5-13(6-4-12)16-15(17(22)24-2)14(19-18(23)20-16)11-21-7-9-25-10-8-21/h3-6,16H,7-11H2,1-2H3,(H2,19,20,23)/p+1/t16-/m1/s1. The van der Waals surface area contributed by atoms with Gasteiger partial charge in [-0.25, -0.2) is 9.59 Å². The van der Waals surface area contributed by atoms with E-state index in [-0.39, 0.29) is 6.03 Å². The number of hydrogen-bond donors (Lipinski definition) is 3. The molecule has 0 bridgehead atoms. The van der Waals surface area contributed by atoms with E-state index in [1.54, 1.807) is 0 Å². The molecular formula is C18H24N3O4+. The van der Waals surface area contributed by atoms with Crippen molar-refractivity contribution in [1.82, 2.24) is 10.6 Å². The van der Waals surface area contributed by atoms with E-state index in [1.165, 1.54) is 12.0 Å². The van der Waals surface area contributed by atoms with Crippen molar-refractivity contribution in [3.63, 3.8) is 0 Å². The molecule has 1 fully saturated rings. The highest BCUT2D eigenvalue weighted by molar-refractivity contribution is 5.95. The van der Waals surface area contributed by atoms with E-state index in [0.29, 0.717) is 31.0 Å². The van der Waals surface area contributed by atoms with Gasteiger partial charge in [0.2, 0.25) is 0 Å². The van der Waals surface area contributed by atoms with Gasteiger partial charge < -0.3 is 25.0 Å². The summed E-state index contributed by atoms with van der Waals surface area (Å²) in [6.45, 7) is 5.61. The van der Waals surface area contributed by atoms with Crippen molar-refractivity contribution in [2.75, 3.05) is 40.0 Å². The van der Waals surface area contributed by atoms with Crippen LogP contribution in [0, 0.1) is 6.92 Å². The second-order valence-electron chi connectivity index (χ2n) is 6.37. The number of morpholine rings is 1. The number of carbonyl (C=O) groups is 2. The summed E-state index contributed by atoms with van der Waals surface area (Å²) in [5.41, 5.74) is 3.06. The number of aryl methyl sites for hydroxylation is 1. The second-order valence-corrected chi connectivity index (χ2v) is 6.37. The van der Waals surface area contributed by atoms with Crippen molar-refractivity contribution in [3.05, 3.63) is 46.7 Å². The van der Waals surface area contributed by atoms with Crippen LogP contribution in [0.2, 0.25) is 0 Å². The lowest BCUT2D eigenvalue weighted by Gasteiger charge is -2.31. The first kappa shape index (κ1) is 17.4. The quantitative estimate of drug-likeness (QED) is 0.654. The summed E-state index contributed by atoms with van der Waals surface area (Å²) in [5.74, 6) is -0.430. The Balaban J connectivity index is 1.96. The lowest BCUT2D eigenvalue weighted by atomic mass is 9.94. The molecule has 0 aromatic heterocycles. The van der Waals surface area contributed by atoms with Gasteiger partial charge in [-0.15, -0.1) is 0 Å². The van der Waals surface area contributed by atoms with Gasteiger partial charge in [-0.3, -0.25) is 0 Å². The molecule has 7 heteroatoms. The molecule has 0 aliphatic carbocycles.